The Labute approximate surface area is 148 Å². The van der Waals surface area contributed by atoms with Crippen LogP contribution in [0.1, 0.15) is 39.0 Å². The Bertz CT molecular complexity index is 734. The molecule has 1 atom stereocenters. The SMILES string of the molecule is CC(=O)NC(C(=O)NCCCn1cnc2ccccc21)C1CCCC1. The number of para-hydroxylation sites is 2. The molecule has 2 N–H and O–H groups in total. The lowest BCUT2D eigenvalue weighted by molar-refractivity contribution is -0.129. The van der Waals surface area contributed by atoms with Crippen molar-refractivity contribution in [2.24, 2.45) is 5.92 Å². The first kappa shape index (κ1) is 17.5. The number of aryl methyl sites for hydroxylation is 1. The molecule has 1 aliphatic carbocycles. The first-order valence-corrected chi connectivity index (χ1v) is 9.10. The molecule has 0 radical (unpaired) electrons. The lowest BCUT2D eigenvalue weighted by atomic mass is 9.97. The molecule has 1 aromatic carbocycles. The van der Waals surface area contributed by atoms with E-state index in [9.17, 15) is 9.59 Å². The molecular weight excluding hydrogens is 316 g/mol. The first-order chi connectivity index (χ1) is 12.1. The fourth-order valence-electron chi connectivity index (χ4n) is 3.67. The predicted molar refractivity (Wildman–Crippen MR) is 96.9 cm³/mol. The number of nitrogens with one attached hydrogen (secondary N) is 2. The fraction of sp³-hybridized carbons (Fsp3) is 0.526. The van der Waals surface area contributed by atoms with Crippen molar-refractivity contribution in [1.82, 2.24) is 20.2 Å². The number of aromatic nitrogens is 2. The molecule has 25 heavy (non-hydrogen) atoms. The number of carbonyl (C=O) groups excluding carboxylic acids is 2. The third kappa shape index (κ3) is 4.38. The Hall–Kier alpha value is -2.37. The maximum Gasteiger partial charge on any atom is 0.242 e. The van der Waals surface area contributed by atoms with Crippen LogP contribution in [0.15, 0.2) is 30.6 Å². The number of amides is 2. The maximum absolute atomic E-state index is 12.5. The average molecular weight is 342 g/mol. The van der Waals surface area contributed by atoms with E-state index in [4.69, 9.17) is 0 Å². The van der Waals surface area contributed by atoms with Gasteiger partial charge in [0, 0.05) is 20.0 Å². The highest BCUT2D eigenvalue weighted by Gasteiger charge is 2.30. The normalized spacial score (nSPS) is 16.0. The highest BCUT2D eigenvalue weighted by atomic mass is 16.2. The van der Waals surface area contributed by atoms with Gasteiger partial charge in [0.05, 0.1) is 17.4 Å². The summed E-state index contributed by atoms with van der Waals surface area (Å²) >= 11 is 0. The topological polar surface area (TPSA) is 76.0 Å². The number of rotatable bonds is 7. The number of hydrogen-bond acceptors (Lipinski definition) is 3. The van der Waals surface area contributed by atoms with Gasteiger partial charge < -0.3 is 15.2 Å². The third-order valence-electron chi connectivity index (χ3n) is 4.91. The Morgan fingerprint density at radius 2 is 2.04 bits per heavy atom. The van der Waals surface area contributed by atoms with Crippen molar-refractivity contribution in [3.8, 4) is 0 Å². The van der Waals surface area contributed by atoms with E-state index >= 15 is 0 Å². The van der Waals surface area contributed by atoms with Crippen LogP contribution >= 0.6 is 0 Å². The van der Waals surface area contributed by atoms with E-state index in [1.807, 2.05) is 30.6 Å². The molecule has 1 heterocycles. The third-order valence-corrected chi connectivity index (χ3v) is 4.91. The van der Waals surface area contributed by atoms with Crippen molar-refractivity contribution < 1.29 is 9.59 Å². The summed E-state index contributed by atoms with van der Waals surface area (Å²) in [5.41, 5.74) is 2.09. The van der Waals surface area contributed by atoms with Crippen LogP contribution in [-0.2, 0) is 16.1 Å². The van der Waals surface area contributed by atoms with Crippen molar-refractivity contribution in [1.29, 1.82) is 0 Å². The number of imidazole rings is 1. The minimum atomic E-state index is -0.394. The van der Waals surface area contributed by atoms with Crippen LogP contribution in [0.2, 0.25) is 0 Å². The van der Waals surface area contributed by atoms with Gasteiger partial charge in [0.2, 0.25) is 11.8 Å². The Morgan fingerprint density at radius 1 is 1.28 bits per heavy atom. The van der Waals surface area contributed by atoms with E-state index in [1.54, 1.807) is 0 Å². The van der Waals surface area contributed by atoms with Crippen molar-refractivity contribution in [3.63, 3.8) is 0 Å². The van der Waals surface area contributed by atoms with Crippen LogP contribution in [0, 0.1) is 5.92 Å². The van der Waals surface area contributed by atoms with Gasteiger partial charge in [0.15, 0.2) is 0 Å². The van der Waals surface area contributed by atoms with Gasteiger partial charge in [0.25, 0.3) is 0 Å². The summed E-state index contributed by atoms with van der Waals surface area (Å²) in [6.07, 6.45) is 6.97. The molecule has 1 saturated carbocycles. The molecule has 1 unspecified atom stereocenters. The number of carbonyl (C=O) groups is 2. The van der Waals surface area contributed by atoms with Crippen molar-refractivity contribution in [2.45, 2.75) is 51.6 Å². The highest BCUT2D eigenvalue weighted by Crippen LogP contribution is 2.27. The van der Waals surface area contributed by atoms with Crippen LogP contribution in [-0.4, -0.2) is 34.0 Å². The Kier molecular flexibility index (Phi) is 5.68. The molecule has 2 amide bonds. The molecule has 134 valence electrons. The van der Waals surface area contributed by atoms with Crippen LogP contribution in [0.4, 0.5) is 0 Å². The minimum Gasteiger partial charge on any atom is -0.354 e. The summed E-state index contributed by atoms with van der Waals surface area (Å²) in [6, 6.07) is 7.63. The summed E-state index contributed by atoms with van der Waals surface area (Å²) in [7, 11) is 0. The summed E-state index contributed by atoms with van der Waals surface area (Å²) < 4.78 is 2.10. The first-order valence-electron chi connectivity index (χ1n) is 9.10. The van der Waals surface area contributed by atoms with Gasteiger partial charge in [-0.2, -0.15) is 0 Å². The smallest absolute Gasteiger partial charge is 0.242 e. The molecule has 1 aliphatic rings. The quantitative estimate of drug-likeness (QED) is 0.758. The van der Waals surface area contributed by atoms with E-state index in [1.165, 1.54) is 6.92 Å². The molecule has 6 nitrogen and oxygen atoms in total. The summed E-state index contributed by atoms with van der Waals surface area (Å²) in [5.74, 6) is 0.0658. The van der Waals surface area contributed by atoms with E-state index in [-0.39, 0.29) is 17.7 Å². The molecular formula is C19H26N4O2. The molecule has 0 spiro atoms. The molecule has 1 aromatic heterocycles. The van der Waals surface area contributed by atoms with Gasteiger partial charge in [-0.1, -0.05) is 25.0 Å². The van der Waals surface area contributed by atoms with Gasteiger partial charge in [-0.25, -0.2) is 4.98 Å². The zero-order chi connectivity index (χ0) is 17.6. The lowest BCUT2D eigenvalue weighted by Gasteiger charge is -2.23. The monoisotopic (exact) mass is 342 g/mol. The number of fused-ring (bicyclic) bond motifs is 1. The second-order valence-electron chi connectivity index (χ2n) is 6.79. The van der Waals surface area contributed by atoms with E-state index in [0.29, 0.717) is 6.54 Å². The maximum atomic E-state index is 12.5. The molecule has 3 rings (SSSR count). The lowest BCUT2D eigenvalue weighted by Crippen LogP contribution is -2.50. The van der Waals surface area contributed by atoms with E-state index in [2.05, 4.69) is 20.2 Å². The zero-order valence-electron chi connectivity index (χ0n) is 14.7. The van der Waals surface area contributed by atoms with E-state index in [0.717, 1.165) is 49.7 Å². The Morgan fingerprint density at radius 3 is 2.80 bits per heavy atom. The molecule has 2 aromatic rings. The van der Waals surface area contributed by atoms with Gasteiger partial charge >= 0.3 is 0 Å². The molecule has 0 saturated heterocycles. The van der Waals surface area contributed by atoms with Gasteiger partial charge in [-0.3, -0.25) is 9.59 Å². The predicted octanol–water partition coefficient (Wildman–Crippen LogP) is 2.24. The molecule has 0 bridgehead atoms. The largest absolute Gasteiger partial charge is 0.354 e. The summed E-state index contributed by atoms with van der Waals surface area (Å²) in [6.45, 7) is 2.86. The second-order valence-corrected chi connectivity index (χ2v) is 6.79. The van der Waals surface area contributed by atoms with Gasteiger partial charge in [0.1, 0.15) is 6.04 Å². The number of hydrogen-bond donors (Lipinski definition) is 2. The van der Waals surface area contributed by atoms with Gasteiger partial charge in [-0.05, 0) is 37.3 Å². The second kappa shape index (κ2) is 8.14. The fourth-order valence-corrected chi connectivity index (χ4v) is 3.67. The number of benzene rings is 1. The standard InChI is InChI=1S/C19H26N4O2/c1-14(24)22-18(15-7-2-3-8-15)19(25)20-11-6-12-23-13-21-16-9-4-5-10-17(16)23/h4-5,9-10,13,15,18H,2-3,6-8,11-12H2,1H3,(H,20,25)(H,22,24). The summed E-state index contributed by atoms with van der Waals surface area (Å²) in [5, 5.41) is 5.82. The molecule has 0 aliphatic heterocycles. The van der Waals surface area contributed by atoms with Crippen LogP contribution < -0.4 is 10.6 Å². The van der Waals surface area contributed by atoms with Crippen molar-refractivity contribution in [2.75, 3.05) is 6.54 Å². The van der Waals surface area contributed by atoms with Crippen LogP contribution in [0.25, 0.3) is 11.0 Å². The number of nitrogens with zero attached hydrogens (tertiary/aromatic N) is 2. The van der Waals surface area contributed by atoms with Crippen LogP contribution in [0.3, 0.4) is 0 Å². The Balaban J connectivity index is 1.49. The van der Waals surface area contributed by atoms with Crippen LogP contribution in [0.5, 0.6) is 0 Å². The highest BCUT2D eigenvalue weighted by molar-refractivity contribution is 5.87. The molecule has 6 heteroatoms. The molecule has 1 fully saturated rings. The minimum absolute atomic E-state index is 0.0578. The summed E-state index contributed by atoms with van der Waals surface area (Å²) in [4.78, 5) is 28.3. The van der Waals surface area contributed by atoms with E-state index < -0.39 is 6.04 Å². The zero-order valence-corrected chi connectivity index (χ0v) is 14.7. The van der Waals surface area contributed by atoms with Crippen molar-refractivity contribution >= 4 is 22.8 Å². The van der Waals surface area contributed by atoms with Gasteiger partial charge in [-0.15, -0.1) is 0 Å². The average Bonchev–Trinajstić information content (AvgIpc) is 3.26. The van der Waals surface area contributed by atoms with Crippen molar-refractivity contribution in [3.05, 3.63) is 30.6 Å².